The molecule has 1 aliphatic rings. The van der Waals surface area contributed by atoms with Crippen LogP contribution in [0, 0.1) is 0 Å². The highest BCUT2D eigenvalue weighted by Gasteiger charge is 2.20. The van der Waals surface area contributed by atoms with Crippen molar-refractivity contribution in [2.24, 2.45) is 0 Å². The predicted octanol–water partition coefficient (Wildman–Crippen LogP) is 4.32. The molecule has 29 heavy (non-hydrogen) atoms. The predicted molar refractivity (Wildman–Crippen MR) is 116 cm³/mol. The molecular weight excluding hydrogens is 364 g/mol. The number of hydrogen-bond donors (Lipinski definition) is 1. The SMILES string of the molecule is CN(C)c1ccc(NC(=O)Oc2ccc3c(c2)CCN3Cc2ccccn2)cc1. The quantitative estimate of drug-likeness (QED) is 0.705. The maximum Gasteiger partial charge on any atom is 0.417 e. The fourth-order valence-electron chi connectivity index (χ4n) is 3.45. The number of fused-ring (bicyclic) bond motifs is 1. The van der Waals surface area contributed by atoms with E-state index in [0.717, 1.165) is 30.9 Å². The molecule has 0 atom stereocenters. The minimum absolute atomic E-state index is 0.495. The summed E-state index contributed by atoms with van der Waals surface area (Å²) in [6.07, 6.45) is 2.24. The summed E-state index contributed by atoms with van der Waals surface area (Å²) in [5.41, 5.74) is 5.16. The van der Waals surface area contributed by atoms with E-state index in [2.05, 4.69) is 15.2 Å². The number of anilines is 3. The number of carbonyl (C=O) groups excluding carboxylic acids is 1. The molecular formula is C23H24N4O2. The summed E-state index contributed by atoms with van der Waals surface area (Å²) in [5.74, 6) is 0.547. The largest absolute Gasteiger partial charge is 0.417 e. The van der Waals surface area contributed by atoms with Crippen molar-refractivity contribution in [1.29, 1.82) is 0 Å². The summed E-state index contributed by atoms with van der Waals surface area (Å²) in [5, 5.41) is 2.77. The molecule has 0 unspecified atom stereocenters. The summed E-state index contributed by atoms with van der Waals surface area (Å²) >= 11 is 0. The third-order valence-corrected chi connectivity index (χ3v) is 4.96. The molecule has 6 nitrogen and oxygen atoms in total. The Bertz CT molecular complexity index is 988. The van der Waals surface area contributed by atoms with Crippen molar-refractivity contribution >= 4 is 23.2 Å². The van der Waals surface area contributed by atoms with Crippen molar-refractivity contribution in [3.05, 3.63) is 78.1 Å². The highest BCUT2D eigenvalue weighted by molar-refractivity contribution is 5.86. The van der Waals surface area contributed by atoms with Crippen LogP contribution in [-0.2, 0) is 13.0 Å². The first-order chi connectivity index (χ1) is 14.1. The van der Waals surface area contributed by atoms with Gasteiger partial charge in [0, 0.05) is 43.9 Å². The van der Waals surface area contributed by atoms with E-state index in [1.165, 1.54) is 11.3 Å². The fourth-order valence-corrected chi connectivity index (χ4v) is 3.45. The van der Waals surface area contributed by atoms with Gasteiger partial charge in [-0.05, 0) is 66.6 Å². The molecule has 2 heterocycles. The van der Waals surface area contributed by atoms with Gasteiger partial charge in [0.25, 0.3) is 0 Å². The lowest BCUT2D eigenvalue weighted by molar-refractivity contribution is 0.215. The van der Waals surface area contributed by atoms with Crippen LogP contribution in [-0.4, -0.2) is 31.7 Å². The zero-order valence-corrected chi connectivity index (χ0v) is 16.6. The summed E-state index contributed by atoms with van der Waals surface area (Å²) in [7, 11) is 3.95. The van der Waals surface area contributed by atoms with E-state index in [1.54, 1.807) is 0 Å². The van der Waals surface area contributed by atoms with Crippen LogP contribution in [0.25, 0.3) is 0 Å². The van der Waals surface area contributed by atoms with Crippen LogP contribution < -0.4 is 19.9 Å². The Morgan fingerprint density at radius 1 is 1.14 bits per heavy atom. The molecule has 0 saturated heterocycles. The Labute approximate surface area is 170 Å². The number of nitrogens with one attached hydrogen (secondary N) is 1. The van der Waals surface area contributed by atoms with E-state index in [9.17, 15) is 4.79 Å². The minimum atomic E-state index is -0.495. The lowest BCUT2D eigenvalue weighted by Crippen LogP contribution is -2.20. The molecule has 0 radical (unpaired) electrons. The molecule has 1 amide bonds. The van der Waals surface area contributed by atoms with Gasteiger partial charge in [-0.25, -0.2) is 4.79 Å². The van der Waals surface area contributed by atoms with Gasteiger partial charge >= 0.3 is 6.09 Å². The number of aromatic nitrogens is 1. The van der Waals surface area contributed by atoms with Crippen LogP contribution in [0.1, 0.15) is 11.3 Å². The normalized spacial score (nSPS) is 12.4. The van der Waals surface area contributed by atoms with Gasteiger partial charge in [0.05, 0.1) is 12.2 Å². The van der Waals surface area contributed by atoms with E-state index in [4.69, 9.17) is 4.74 Å². The number of hydrogen-bond acceptors (Lipinski definition) is 5. The average Bonchev–Trinajstić information content (AvgIpc) is 3.11. The topological polar surface area (TPSA) is 57.7 Å². The number of rotatable bonds is 5. The van der Waals surface area contributed by atoms with Crippen molar-refractivity contribution in [1.82, 2.24) is 4.98 Å². The Hall–Kier alpha value is -3.54. The summed E-state index contributed by atoms with van der Waals surface area (Å²) in [4.78, 5) is 21.0. The van der Waals surface area contributed by atoms with Crippen LogP contribution in [0.5, 0.6) is 5.75 Å². The molecule has 0 aliphatic carbocycles. The molecule has 3 aromatic rings. The number of pyridine rings is 1. The maximum absolute atomic E-state index is 12.2. The van der Waals surface area contributed by atoms with Crippen molar-refractivity contribution < 1.29 is 9.53 Å². The number of nitrogens with zero attached hydrogens (tertiary/aromatic N) is 3. The number of ether oxygens (including phenoxy) is 1. The first kappa shape index (κ1) is 18.8. The zero-order chi connectivity index (χ0) is 20.2. The van der Waals surface area contributed by atoms with E-state index < -0.39 is 6.09 Å². The molecule has 0 saturated carbocycles. The van der Waals surface area contributed by atoms with Crippen LogP contribution >= 0.6 is 0 Å². The maximum atomic E-state index is 12.2. The first-order valence-electron chi connectivity index (χ1n) is 9.62. The monoisotopic (exact) mass is 388 g/mol. The molecule has 0 spiro atoms. The Balaban J connectivity index is 1.38. The zero-order valence-electron chi connectivity index (χ0n) is 16.6. The van der Waals surface area contributed by atoms with Gasteiger partial charge in [-0.2, -0.15) is 0 Å². The second-order valence-electron chi connectivity index (χ2n) is 7.24. The van der Waals surface area contributed by atoms with Gasteiger partial charge in [0.2, 0.25) is 0 Å². The van der Waals surface area contributed by atoms with Crippen LogP contribution in [0.4, 0.5) is 21.9 Å². The Kier molecular flexibility index (Phi) is 5.33. The van der Waals surface area contributed by atoms with Gasteiger partial charge < -0.3 is 14.5 Å². The van der Waals surface area contributed by atoms with Crippen LogP contribution in [0.3, 0.4) is 0 Å². The first-order valence-corrected chi connectivity index (χ1v) is 9.62. The number of benzene rings is 2. The second-order valence-corrected chi connectivity index (χ2v) is 7.24. The lowest BCUT2D eigenvalue weighted by Gasteiger charge is -2.19. The van der Waals surface area contributed by atoms with E-state index in [1.807, 2.05) is 85.9 Å². The molecule has 6 heteroatoms. The van der Waals surface area contributed by atoms with Crippen molar-refractivity contribution in [3.63, 3.8) is 0 Å². The molecule has 0 fully saturated rings. The molecule has 1 aromatic heterocycles. The molecule has 0 bridgehead atoms. The Morgan fingerprint density at radius 2 is 1.97 bits per heavy atom. The highest BCUT2D eigenvalue weighted by Crippen LogP contribution is 2.32. The van der Waals surface area contributed by atoms with Crippen molar-refractivity contribution in [2.75, 3.05) is 35.8 Å². The molecule has 1 aliphatic heterocycles. The van der Waals surface area contributed by atoms with E-state index >= 15 is 0 Å². The fraction of sp³-hybridized carbons (Fsp3) is 0.217. The van der Waals surface area contributed by atoms with Crippen molar-refractivity contribution in [3.8, 4) is 5.75 Å². The van der Waals surface area contributed by atoms with Gasteiger partial charge in [-0.3, -0.25) is 10.3 Å². The second kappa shape index (κ2) is 8.22. The van der Waals surface area contributed by atoms with Gasteiger partial charge in [-0.15, -0.1) is 0 Å². The number of amides is 1. The highest BCUT2D eigenvalue weighted by atomic mass is 16.6. The summed E-state index contributed by atoms with van der Waals surface area (Å²) in [6, 6.07) is 19.4. The van der Waals surface area contributed by atoms with Crippen molar-refractivity contribution in [2.45, 2.75) is 13.0 Å². The molecule has 4 rings (SSSR count). The number of carbonyl (C=O) groups is 1. The lowest BCUT2D eigenvalue weighted by atomic mass is 10.1. The van der Waals surface area contributed by atoms with E-state index in [-0.39, 0.29) is 0 Å². The smallest absolute Gasteiger partial charge is 0.410 e. The standard InChI is InChI=1S/C23H24N4O2/c1-26(2)20-8-6-18(7-9-20)25-23(28)29-21-10-11-22-17(15-21)12-14-27(22)16-19-5-3-4-13-24-19/h3-11,13,15H,12,14,16H2,1-2H3,(H,25,28). The Morgan fingerprint density at radius 3 is 2.69 bits per heavy atom. The molecule has 2 aromatic carbocycles. The van der Waals surface area contributed by atoms with Gasteiger partial charge in [-0.1, -0.05) is 6.07 Å². The minimum Gasteiger partial charge on any atom is -0.410 e. The summed E-state index contributed by atoms with van der Waals surface area (Å²) in [6.45, 7) is 1.71. The van der Waals surface area contributed by atoms with Crippen LogP contribution in [0.2, 0.25) is 0 Å². The third-order valence-electron chi connectivity index (χ3n) is 4.96. The van der Waals surface area contributed by atoms with Gasteiger partial charge in [0.15, 0.2) is 0 Å². The summed E-state index contributed by atoms with van der Waals surface area (Å²) < 4.78 is 5.48. The average molecular weight is 388 g/mol. The molecule has 148 valence electrons. The van der Waals surface area contributed by atoms with Gasteiger partial charge in [0.1, 0.15) is 5.75 Å². The van der Waals surface area contributed by atoms with Crippen LogP contribution in [0.15, 0.2) is 66.9 Å². The third kappa shape index (κ3) is 4.48. The molecule has 1 N–H and O–H groups in total. The van der Waals surface area contributed by atoms with E-state index in [0.29, 0.717) is 11.4 Å².